The molecule has 0 heterocycles. The van der Waals surface area contributed by atoms with Gasteiger partial charge in [-0.25, -0.2) is 4.85 Å². The minimum atomic E-state index is -0.978. The van der Waals surface area contributed by atoms with Crippen molar-refractivity contribution in [1.29, 1.82) is 0 Å². The van der Waals surface area contributed by atoms with Crippen molar-refractivity contribution in [2.75, 3.05) is 6.61 Å². The largest absolute Gasteiger partial charge is 0.393 e. The van der Waals surface area contributed by atoms with Crippen LogP contribution >= 0.6 is 23.2 Å². The number of alkyl halides is 2. The molecule has 3 nitrogen and oxygen atoms in total. The zero-order valence-corrected chi connectivity index (χ0v) is 16.8. The first kappa shape index (κ1) is 21.3. The smallest absolute Gasteiger partial charge is 0.191 e. The third kappa shape index (κ3) is 4.61. The van der Waals surface area contributed by atoms with Crippen molar-refractivity contribution < 1.29 is 10.2 Å². The van der Waals surface area contributed by atoms with E-state index in [1.54, 1.807) is 6.07 Å². The molecule has 0 radical (unpaired) electrons. The Balaban J connectivity index is 2.40. The average molecular weight is 396 g/mol. The van der Waals surface area contributed by atoms with Gasteiger partial charge in [0, 0.05) is 10.8 Å². The van der Waals surface area contributed by atoms with E-state index < -0.39 is 6.10 Å². The fourth-order valence-electron chi connectivity index (χ4n) is 3.84. The van der Waals surface area contributed by atoms with Crippen LogP contribution < -0.4 is 0 Å². The maximum Gasteiger partial charge on any atom is 0.191 e. The number of nitrogens with zero attached hydrogens (tertiary/aromatic N) is 1. The molecule has 2 rings (SSSR count). The molecular formula is C21H27Cl2NO2. The van der Waals surface area contributed by atoms with Gasteiger partial charge in [0.25, 0.3) is 0 Å². The van der Waals surface area contributed by atoms with Crippen molar-refractivity contribution in [3.63, 3.8) is 0 Å². The Morgan fingerprint density at radius 1 is 1.31 bits per heavy atom. The van der Waals surface area contributed by atoms with Crippen molar-refractivity contribution in [1.82, 2.24) is 0 Å². The summed E-state index contributed by atoms with van der Waals surface area (Å²) in [5, 5.41) is 19.1. The summed E-state index contributed by atoms with van der Waals surface area (Å²) in [5.74, 6) is 0.189. The van der Waals surface area contributed by atoms with E-state index in [4.69, 9.17) is 29.8 Å². The van der Waals surface area contributed by atoms with E-state index in [1.165, 1.54) is 0 Å². The Morgan fingerprint density at radius 3 is 2.65 bits per heavy atom. The molecule has 0 aromatic heterocycles. The number of unbranched alkanes of at least 4 members (excludes halogenated alkanes) is 1. The maximum atomic E-state index is 9.99. The summed E-state index contributed by atoms with van der Waals surface area (Å²) in [6.07, 6.45) is 7.12. The number of hydrogen-bond donors (Lipinski definition) is 2. The second-order valence-electron chi connectivity index (χ2n) is 7.03. The summed E-state index contributed by atoms with van der Waals surface area (Å²) in [4.78, 5) is 3.67. The summed E-state index contributed by atoms with van der Waals surface area (Å²) in [5.41, 5.74) is 2.84. The standard InChI is InChI=1S/C21H27Cl2NO2/c1-4-5-6-7-8-14-17(22)11-18(23)21(14)16-9-13(2)15(20(26)12-25)10-19(16)24-3/h6-7,9-10,14,17-18,20-21,25-26H,4-5,8,11-12H2,1-2H3/b7-6-. The summed E-state index contributed by atoms with van der Waals surface area (Å²) in [6.45, 7) is 11.2. The lowest BCUT2D eigenvalue weighted by Crippen LogP contribution is -2.17. The van der Waals surface area contributed by atoms with Gasteiger partial charge in [-0.05, 0) is 54.7 Å². The van der Waals surface area contributed by atoms with Crippen LogP contribution in [0.2, 0.25) is 0 Å². The summed E-state index contributed by atoms with van der Waals surface area (Å²) in [7, 11) is 0. The quantitative estimate of drug-likeness (QED) is 0.356. The number of rotatable bonds is 7. The van der Waals surface area contributed by atoms with Gasteiger partial charge >= 0.3 is 0 Å². The van der Waals surface area contributed by atoms with Gasteiger partial charge in [-0.15, -0.1) is 23.2 Å². The highest BCUT2D eigenvalue weighted by Crippen LogP contribution is 2.50. The van der Waals surface area contributed by atoms with Crippen molar-refractivity contribution in [3.05, 3.63) is 52.4 Å². The van der Waals surface area contributed by atoms with Crippen LogP contribution in [0.3, 0.4) is 0 Å². The second-order valence-corrected chi connectivity index (χ2v) is 8.15. The Hall–Kier alpha value is -1.05. The van der Waals surface area contributed by atoms with E-state index >= 15 is 0 Å². The zero-order chi connectivity index (χ0) is 19.3. The molecule has 0 bridgehead atoms. The SMILES string of the molecule is [C-]#[N+]c1cc(C(O)CO)c(C)cc1C1C(Cl)CC(Cl)C1C/C=C\CCC. The number of halogens is 2. The van der Waals surface area contributed by atoms with Crippen molar-refractivity contribution in [2.24, 2.45) is 5.92 Å². The summed E-state index contributed by atoms with van der Waals surface area (Å²) < 4.78 is 0. The third-order valence-corrected chi connectivity index (χ3v) is 6.17. The normalized spacial score (nSPS) is 27.0. The van der Waals surface area contributed by atoms with E-state index in [2.05, 4.69) is 23.9 Å². The van der Waals surface area contributed by atoms with Crippen molar-refractivity contribution in [2.45, 2.75) is 62.3 Å². The van der Waals surface area contributed by atoms with Gasteiger partial charge in [0.05, 0.1) is 13.2 Å². The molecule has 1 aromatic rings. The first-order chi connectivity index (χ1) is 12.4. The predicted octanol–water partition coefficient (Wildman–Crippen LogP) is 5.64. The number of aryl methyl sites for hydroxylation is 1. The Kier molecular flexibility index (Phi) is 7.98. The maximum absolute atomic E-state index is 9.99. The molecule has 2 N–H and O–H groups in total. The van der Waals surface area contributed by atoms with Gasteiger partial charge in [-0.1, -0.05) is 37.6 Å². The molecule has 1 saturated carbocycles. The first-order valence-corrected chi connectivity index (χ1v) is 10.1. The van der Waals surface area contributed by atoms with Crippen LogP contribution in [-0.2, 0) is 0 Å². The van der Waals surface area contributed by atoms with Crippen LogP contribution in [0.25, 0.3) is 4.85 Å². The van der Waals surface area contributed by atoms with Crippen LogP contribution in [0.15, 0.2) is 24.3 Å². The molecule has 26 heavy (non-hydrogen) atoms. The Morgan fingerprint density at radius 2 is 2.04 bits per heavy atom. The number of allylic oxidation sites excluding steroid dienone is 2. The lowest BCUT2D eigenvalue weighted by molar-refractivity contribution is 0.0951. The molecule has 5 unspecified atom stereocenters. The van der Waals surface area contributed by atoms with Gasteiger partial charge in [0.1, 0.15) is 6.10 Å². The van der Waals surface area contributed by atoms with Crippen LogP contribution in [0.4, 0.5) is 5.69 Å². The van der Waals surface area contributed by atoms with E-state index in [1.807, 2.05) is 13.0 Å². The fraction of sp³-hybridized carbons (Fsp3) is 0.571. The van der Waals surface area contributed by atoms with E-state index in [0.717, 1.165) is 36.8 Å². The summed E-state index contributed by atoms with van der Waals surface area (Å²) in [6, 6.07) is 3.63. The monoisotopic (exact) mass is 395 g/mol. The Labute approximate surface area is 166 Å². The topological polar surface area (TPSA) is 44.8 Å². The molecule has 1 aliphatic carbocycles. The van der Waals surface area contributed by atoms with Crippen LogP contribution in [0.5, 0.6) is 0 Å². The number of aliphatic hydroxyl groups is 2. The van der Waals surface area contributed by atoms with Gasteiger partial charge in [0.15, 0.2) is 5.69 Å². The third-order valence-electron chi connectivity index (χ3n) is 5.22. The number of hydrogen-bond acceptors (Lipinski definition) is 2. The molecule has 0 saturated heterocycles. The highest BCUT2D eigenvalue weighted by molar-refractivity contribution is 6.25. The molecule has 1 aromatic carbocycles. The number of aliphatic hydroxyl groups excluding tert-OH is 2. The molecule has 0 aliphatic heterocycles. The Bertz CT molecular complexity index is 683. The molecule has 5 atom stereocenters. The fourth-order valence-corrected chi connectivity index (χ4v) is 4.90. The van der Waals surface area contributed by atoms with Gasteiger partial charge in [-0.3, -0.25) is 0 Å². The highest BCUT2D eigenvalue weighted by Gasteiger charge is 2.42. The average Bonchev–Trinajstić information content (AvgIpc) is 2.91. The first-order valence-electron chi connectivity index (χ1n) is 9.18. The highest BCUT2D eigenvalue weighted by atomic mass is 35.5. The van der Waals surface area contributed by atoms with Crippen LogP contribution in [0.1, 0.15) is 61.3 Å². The molecule has 1 aliphatic rings. The van der Waals surface area contributed by atoms with E-state index in [9.17, 15) is 10.2 Å². The molecule has 0 amide bonds. The molecule has 5 heteroatoms. The van der Waals surface area contributed by atoms with Gasteiger partial charge in [-0.2, -0.15) is 0 Å². The van der Waals surface area contributed by atoms with E-state index in [0.29, 0.717) is 11.3 Å². The molecule has 1 fully saturated rings. The zero-order valence-electron chi connectivity index (χ0n) is 15.3. The van der Waals surface area contributed by atoms with Gasteiger partial charge in [0.2, 0.25) is 0 Å². The van der Waals surface area contributed by atoms with Crippen LogP contribution in [-0.4, -0.2) is 27.6 Å². The molecular weight excluding hydrogens is 369 g/mol. The minimum Gasteiger partial charge on any atom is -0.393 e. The molecule has 0 spiro atoms. The van der Waals surface area contributed by atoms with Crippen LogP contribution in [0, 0.1) is 19.4 Å². The van der Waals surface area contributed by atoms with E-state index in [-0.39, 0.29) is 29.2 Å². The minimum absolute atomic E-state index is 0.00793. The van der Waals surface area contributed by atoms with Crippen molar-refractivity contribution >= 4 is 28.9 Å². The lowest BCUT2D eigenvalue weighted by Gasteiger charge is -2.25. The van der Waals surface area contributed by atoms with Crippen molar-refractivity contribution in [3.8, 4) is 0 Å². The number of benzene rings is 1. The summed E-state index contributed by atoms with van der Waals surface area (Å²) >= 11 is 13.3. The van der Waals surface area contributed by atoms with Gasteiger partial charge < -0.3 is 10.2 Å². The second kappa shape index (κ2) is 9.76. The molecule has 142 valence electrons. The lowest BCUT2D eigenvalue weighted by atomic mass is 9.83. The predicted molar refractivity (Wildman–Crippen MR) is 108 cm³/mol.